The van der Waals surface area contributed by atoms with Crippen LogP contribution in [0, 0.1) is 11.3 Å². The predicted octanol–water partition coefficient (Wildman–Crippen LogP) is 4.52. The number of amidine groups is 1. The van der Waals surface area contributed by atoms with Gasteiger partial charge in [0, 0.05) is 21.4 Å². The van der Waals surface area contributed by atoms with Gasteiger partial charge >= 0.3 is 0 Å². The van der Waals surface area contributed by atoms with Crippen LogP contribution in [0.15, 0.2) is 46.4 Å². The minimum absolute atomic E-state index is 0.0698. The molecule has 0 amide bonds. The van der Waals surface area contributed by atoms with Crippen LogP contribution in [0.2, 0.25) is 0 Å². The second-order valence-electron chi connectivity index (χ2n) is 6.16. The summed E-state index contributed by atoms with van der Waals surface area (Å²) >= 11 is 1.74. The summed E-state index contributed by atoms with van der Waals surface area (Å²) in [6.45, 7) is 8.23. The number of rotatable bonds is 3. The third-order valence-electron chi connectivity index (χ3n) is 2.90. The van der Waals surface area contributed by atoms with Gasteiger partial charge in [0.1, 0.15) is 11.8 Å². The lowest BCUT2D eigenvalue weighted by molar-refractivity contribution is 0.803. The first-order chi connectivity index (χ1) is 10.8. The normalized spacial score (nSPS) is 12.0. The molecule has 2 rings (SSSR count). The van der Waals surface area contributed by atoms with Gasteiger partial charge in [-0.25, -0.2) is 9.98 Å². The van der Waals surface area contributed by atoms with E-state index in [9.17, 15) is 5.26 Å². The molecule has 0 saturated heterocycles. The lowest BCUT2D eigenvalue weighted by Crippen LogP contribution is -2.07. The predicted molar refractivity (Wildman–Crippen MR) is 97.0 cm³/mol. The van der Waals surface area contributed by atoms with Crippen molar-refractivity contribution in [2.45, 2.75) is 37.3 Å². The maximum Gasteiger partial charge on any atom is 0.148 e. The lowest BCUT2D eigenvalue weighted by Gasteiger charge is -2.19. The molecule has 0 atom stereocenters. The number of nitrogens with zero attached hydrogens (tertiary/aromatic N) is 3. The van der Waals surface area contributed by atoms with Crippen molar-refractivity contribution in [3.05, 3.63) is 42.2 Å². The van der Waals surface area contributed by atoms with Crippen molar-refractivity contribution in [2.75, 3.05) is 0 Å². The standard InChI is InChI=1S/C18H20N4S/c1-12(20)22-15-10-13(7-8-17(15)23-18(2,3)4)14-6-5-9-21-16(14)11-19/h5-10H,1-4H3,(H2,20,22). The van der Waals surface area contributed by atoms with E-state index in [1.807, 2.05) is 30.3 Å². The van der Waals surface area contributed by atoms with Gasteiger partial charge in [0.25, 0.3) is 0 Å². The third-order valence-corrected chi connectivity index (χ3v) is 4.07. The number of benzene rings is 1. The molecule has 0 aliphatic heterocycles. The molecule has 2 N–H and O–H groups in total. The number of hydrogen-bond acceptors (Lipinski definition) is 4. The Morgan fingerprint density at radius 3 is 2.65 bits per heavy atom. The van der Waals surface area contributed by atoms with Crippen molar-refractivity contribution in [3.63, 3.8) is 0 Å². The first-order valence-corrected chi connectivity index (χ1v) is 8.11. The minimum atomic E-state index is 0.0698. The van der Waals surface area contributed by atoms with E-state index in [1.54, 1.807) is 24.9 Å². The van der Waals surface area contributed by atoms with Gasteiger partial charge in [-0.15, -0.1) is 11.8 Å². The highest BCUT2D eigenvalue weighted by Gasteiger charge is 2.16. The molecule has 0 bridgehead atoms. The van der Waals surface area contributed by atoms with Gasteiger partial charge in [-0.1, -0.05) is 26.8 Å². The Bertz CT molecular complexity index is 778. The number of aliphatic imine (C=N–C) groups is 1. The van der Waals surface area contributed by atoms with Crippen molar-refractivity contribution >= 4 is 23.3 Å². The molecule has 4 nitrogen and oxygen atoms in total. The number of aromatic nitrogens is 1. The molecule has 23 heavy (non-hydrogen) atoms. The molecule has 0 spiro atoms. The van der Waals surface area contributed by atoms with Gasteiger partial charge in [-0.2, -0.15) is 5.26 Å². The third kappa shape index (κ3) is 4.57. The van der Waals surface area contributed by atoms with E-state index in [1.165, 1.54) is 0 Å². The Morgan fingerprint density at radius 1 is 1.30 bits per heavy atom. The Kier molecular flexibility index (Phi) is 5.07. The van der Waals surface area contributed by atoms with Gasteiger partial charge in [0.2, 0.25) is 0 Å². The van der Waals surface area contributed by atoms with Gasteiger partial charge in [-0.05, 0) is 36.8 Å². The first-order valence-electron chi connectivity index (χ1n) is 7.29. The number of hydrogen-bond donors (Lipinski definition) is 1. The molecule has 1 heterocycles. The van der Waals surface area contributed by atoms with Crippen LogP contribution in [0.5, 0.6) is 0 Å². The van der Waals surface area contributed by atoms with Gasteiger partial charge < -0.3 is 5.73 Å². The zero-order chi connectivity index (χ0) is 17.0. The maximum absolute atomic E-state index is 9.24. The van der Waals surface area contributed by atoms with Crippen molar-refractivity contribution < 1.29 is 0 Å². The monoisotopic (exact) mass is 324 g/mol. The van der Waals surface area contributed by atoms with Crippen LogP contribution in [-0.2, 0) is 0 Å². The summed E-state index contributed by atoms with van der Waals surface area (Å²) in [6, 6.07) is 11.8. The summed E-state index contributed by atoms with van der Waals surface area (Å²) in [7, 11) is 0. The van der Waals surface area contributed by atoms with Crippen molar-refractivity contribution in [1.82, 2.24) is 4.98 Å². The van der Waals surface area contributed by atoms with E-state index in [2.05, 4.69) is 36.8 Å². The van der Waals surface area contributed by atoms with Gasteiger partial charge in [0.15, 0.2) is 0 Å². The average molecular weight is 324 g/mol. The molecule has 118 valence electrons. The van der Waals surface area contributed by atoms with Crippen molar-refractivity contribution in [3.8, 4) is 17.2 Å². The smallest absolute Gasteiger partial charge is 0.148 e. The Hall–Kier alpha value is -2.32. The SMILES string of the molecule is CC(N)=Nc1cc(-c2cccnc2C#N)ccc1SC(C)(C)C. The van der Waals surface area contributed by atoms with Crippen LogP contribution in [0.3, 0.4) is 0 Å². The molecule has 2 aromatic rings. The quantitative estimate of drug-likeness (QED) is 0.511. The van der Waals surface area contributed by atoms with Crippen LogP contribution in [0.25, 0.3) is 11.1 Å². The maximum atomic E-state index is 9.24. The zero-order valence-corrected chi connectivity index (χ0v) is 14.6. The number of nitrogens with two attached hydrogens (primary N) is 1. The second-order valence-corrected chi connectivity index (χ2v) is 8.03. The van der Waals surface area contributed by atoms with Crippen LogP contribution < -0.4 is 5.73 Å². The highest BCUT2D eigenvalue weighted by Crippen LogP contribution is 2.40. The highest BCUT2D eigenvalue weighted by molar-refractivity contribution is 8.00. The summed E-state index contributed by atoms with van der Waals surface area (Å²) in [5.74, 6) is 0.504. The second kappa shape index (κ2) is 6.84. The molecule has 5 heteroatoms. The van der Waals surface area contributed by atoms with Crippen LogP contribution in [0.4, 0.5) is 5.69 Å². The van der Waals surface area contributed by atoms with E-state index in [0.717, 1.165) is 21.7 Å². The highest BCUT2D eigenvalue weighted by atomic mass is 32.2. The molecular weight excluding hydrogens is 304 g/mol. The molecule has 0 aliphatic carbocycles. The summed E-state index contributed by atoms with van der Waals surface area (Å²) in [4.78, 5) is 9.64. The summed E-state index contributed by atoms with van der Waals surface area (Å²) in [5, 5.41) is 9.24. The molecule has 1 aromatic carbocycles. The average Bonchev–Trinajstić information content (AvgIpc) is 2.47. The topological polar surface area (TPSA) is 75.1 Å². The minimum Gasteiger partial charge on any atom is -0.387 e. The molecule has 0 saturated carbocycles. The number of nitriles is 1. The summed E-state index contributed by atoms with van der Waals surface area (Å²) < 4.78 is 0.0698. The number of pyridine rings is 1. The molecular formula is C18H20N4S. The van der Waals surface area contributed by atoms with Gasteiger partial charge in [0.05, 0.1) is 11.5 Å². The van der Waals surface area contributed by atoms with E-state index >= 15 is 0 Å². The fourth-order valence-electron chi connectivity index (χ4n) is 2.11. The molecule has 0 radical (unpaired) electrons. The molecule has 0 aliphatic rings. The summed E-state index contributed by atoms with van der Waals surface area (Å²) in [5.41, 5.74) is 8.71. The van der Waals surface area contributed by atoms with E-state index in [0.29, 0.717) is 11.5 Å². The lowest BCUT2D eigenvalue weighted by atomic mass is 10.0. The van der Waals surface area contributed by atoms with E-state index in [-0.39, 0.29) is 4.75 Å². The van der Waals surface area contributed by atoms with E-state index < -0.39 is 0 Å². The Morgan fingerprint density at radius 2 is 2.04 bits per heavy atom. The first kappa shape index (κ1) is 17.0. The van der Waals surface area contributed by atoms with Gasteiger partial charge in [-0.3, -0.25) is 0 Å². The zero-order valence-electron chi connectivity index (χ0n) is 13.8. The number of thioether (sulfide) groups is 1. The Labute approximate surface area is 141 Å². The molecule has 1 aromatic heterocycles. The Balaban J connectivity index is 2.57. The molecule has 0 unspecified atom stereocenters. The van der Waals surface area contributed by atoms with Crippen LogP contribution >= 0.6 is 11.8 Å². The molecule has 0 fully saturated rings. The largest absolute Gasteiger partial charge is 0.387 e. The van der Waals surface area contributed by atoms with Crippen molar-refractivity contribution in [1.29, 1.82) is 5.26 Å². The van der Waals surface area contributed by atoms with Crippen LogP contribution in [0.1, 0.15) is 33.4 Å². The van der Waals surface area contributed by atoms with Crippen LogP contribution in [-0.4, -0.2) is 15.6 Å². The van der Waals surface area contributed by atoms with Crippen molar-refractivity contribution in [2.24, 2.45) is 10.7 Å². The fraction of sp³-hybridized carbons (Fsp3) is 0.278. The van der Waals surface area contributed by atoms with E-state index in [4.69, 9.17) is 5.73 Å². The summed E-state index contributed by atoms with van der Waals surface area (Å²) in [6.07, 6.45) is 1.62. The fourth-order valence-corrected chi connectivity index (χ4v) is 3.11.